The van der Waals surface area contributed by atoms with E-state index in [-0.39, 0.29) is 18.0 Å². The van der Waals surface area contributed by atoms with Crippen LogP contribution in [0.4, 0.5) is 0 Å². The molecule has 0 spiro atoms. The minimum absolute atomic E-state index is 0.0406. The monoisotopic (exact) mass is 185 g/mol. The average molecular weight is 185 g/mol. The number of carbonyl (C=O) groups is 1. The van der Waals surface area contributed by atoms with Crippen molar-refractivity contribution in [1.29, 1.82) is 0 Å². The van der Waals surface area contributed by atoms with Crippen LogP contribution in [0.1, 0.15) is 13.8 Å². The molecule has 0 aromatic heterocycles. The van der Waals surface area contributed by atoms with Gasteiger partial charge in [-0.15, -0.1) is 0 Å². The van der Waals surface area contributed by atoms with E-state index < -0.39 is 0 Å². The molecule has 1 unspecified atom stereocenters. The molecule has 0 saturated carbocycles. The Morgan fingerprint density at radius 3 is 2.62 bits per heavy atom. The van der Waals surface area contributed by atoms with Gasteiger partial charge in [0.05, 0.1) is 6.04 Å². The topological polar surface area (TPSA) is 44.4 Å². The van der Waals surface area contributed by atoms with Crippen molar-refractivity contribution in [2.75, 3.05) is 26.7 Å². The Hall–Kier alpha value is -0.610. The van der Waals surface area contributed by atoms with Crippen molar-refractivity contribution in [1.82, 2.24) is 15.5 Å². The van der Waals surface area contributed by atoms with E-state index in [1.54, 1.807) is 4.90 Å². The summed E-state index contributed by atoms with van der Waals surface area (Å²) in [5.41, 5.74) is 0. The average Bonchev–Trinajstić information content (AvgIpc) is 2.17. The van der Waals surface area contributed by atoms with E-state index in [4.69, 9.17) is 0 Å². The highest BCUT2D eigenvalue weighted by molar-refractivity contribution is 5.82. The number of hydrogen-bond acceptors (Lipinski definition) is 3. The zero-order valence-electron chi connectivity index (χ0n) is 8.63. The summed E-state index contributed by atoms with van der Waals surface area (Å²) in [5.74, 6) is 0.183. The molecule has 1 aliphatic heterocycles. The Bertz CT molecular complexity index is 176. The van der Waals surface area contributed by atoms with Crippen LogP contribution < -0.4 is 10.6 Å². The third-order valence-electron chi connectivity index (χ3n) is 2.46. The van der Waals surface area contributed by atoms with Crippen LogP contribution in [0.3, 0.4) is 0 Å². The molecule has 0 aromatic rings. The predicted octanol–water partition coefficient (Wildman–Crippen LogP) is -0.585. The lowest BCUT2D eigenvalue weighted by atomic mass is 10.2. The summed E-state index contributed by atoms with van der Waals surface area (Å²) in [6.45, 7) is 6.62. The zero-order chi connectivity index (χ0) is 9.84. The zero-order valence-corrected chi connectivity index (χ0v) is 8.63. The van der Waals surface area contributed by atoms with Crippen molar-refractivity contribution in [3.8, 4) is 0 Å². The summed E-state index contributed by atoms with van der Waals surface area (Å²) < 4.78 is 0. The number of amides is 1. The maximum atomic E-state index is 11.8. The van der Waals surface area contributed by atoms with Crippen LogP contribution in [0.15, 0.2) is 0 Å². The molecule has 76 valence electrons. The molecular weight excluding hydrogens is 166 g/mol. The Morgan fingerprint density at radius 1 is 1.46 bits per heavy atom. The van der Waals surface area contributed by atoms with Crippen molar-refractivity contribution in [3.63, 3.8) is 0 Å². The number of hydrogen-bond donors (Lipinski definition) is 2. The molecule has 1 aliphatic rings. The Morgan fingerprint density at radius 2 is 2.15 bits per heavy atom. The maximum absolute atomic E-state index is 11.8. The van der Waals surface area contributed by atoms with Gasteiger partial charge >= 0.3 is 0 Å². The van der Waals surface area contributed by atoms with Crippen LogP contribution in [0.25, 0.3) is 0 Å². The summed E-state index contributed by atoms with van der Waals surface area (Å²) >= 11 is 0. The molecule has 4 nitrogen and oxygen atoms in total. The molecule has 0 radical (unpaired) electrons. The van der Waals surface area contributed by atoms with Crippen LogP contribution in [-0.2, 0) is 4.79 Å². The van der Waals surface area contributed by atoms with Gasteiger partial charge in [-0.25, -0.2) is 0 Å². The third kappa shape index (κ3) is 2.67. The third-order valence-corrected chi connectivity index (χ3v) is 2.46. The fourth-order valence-electron chi connectivity index (χ4n) is 1.33. The lowest BCUT2D eigenvalue weighted by Crippen LogP contribution is -2.56. The number of carbonyl (C=O) groups excluding carboxylic acids is 1. The number of piperazine rings is 1. The van der Waals surface area contributed by atoms with Crippen LogP contribution in [-0.4, -0.2) is 49.6 Å². The molecule has 2 N–H and O–H groups in total. The van der Waals surface area contributed by atoms with Crippen LogP contribution >= 0.6 is 0 Å². The van der Waals surface area contributed by atoms with Gasteiger partial charge in [-0.2, -0.15) is 0 Å². The van der Waals surface area contributed by atoms with Crippen molar-refractivity contribution < 1.29 is 4.79 Å². The molecule has 1 saturated heterocycles. The van der Waals surface area contributed by atoms with Crippen molar-refractivity contribution in [2.45, 2.75) is 25.9 Å². The SMILES string of the molecule is CC(C)N(C)C(=O)C1CNCCN1. The smallest absolute Gasteiger partial charge is 0.240 e. The summed E-state index contributed by atoms with van der Waals surface area (Å²) in [4.78, 5) is 13.5. The van der Waals surface area contributed by atoms with Crippen LogP contribution in [0.2, 0.25) is 0 Å². The standard InChI is InChI=1S/C9H19N3O/c1-7(2)12(3)9(13)8-6-10-4-5-11-8/h7-8,10-11H,4-6H2,1-3H3. The van der Waals surface area contributed by atoms with Crippen molar-refractivity contribution in [3.05, 3.63) is 0 Å². The Kier molecular flexibility index (Phi) is 3.69. The van der Waals surface area contributed by atoms with E-state index in [2.05, 4.69) is 10.6 Å². The van der Waals surface area contributed by atoms with Gasteiger partial charge in [0, 0.05) is 32.7 Å². The first-order valence-electron chi connectivity index (χ1n) is 4.83. The second-order valence-electron chi connectivity index (χ2n) is 3.75. The molecule has 13 heavy (non-hydrogen) atoms. The number of likely N-dealkylation sites (N-methyl/N-ethyl adjacent to an activating group) is 1. The summed E-state index contributed by atoms with van der Waals surface area (Å²) in [7, 11) is 1.85. The first-order valence-corrected chi connectivity index (χ1v) is 4.83. The molecule has 4 heteroatoms. The fourth-order valence-corrected chi connectivity index (χ4v) is 1.33. The Labute approximate surface area is 79.7 Å². The van der Waals surface area contributed by atoms with Gasteiger partial charge in [0.15, 0.2) is 0 Å². The molecule has 1 amide bonds. The maximum Gasteiger partial charge on any atom is 0.240 e. The molecule has 1 atom stereocenters. The van der Waals surface area contributed by atoms with E-state index in [0.29, 0.717) is 0 Å². The van der Waals surface area contributed by atoms with Gasteiger partial charge < -0.3 is 15.5 Å². The molecule has 1 heterocycles. The van der Waals surface area contributed by atoms with Gasteiger partial charge in [0.2, 0.25) is 5.91 Å². The van der Waals surface area contributed by atoms with E-state index in [1.807, 2.05) is 20.9 Å². The van der Waals surface area contributed by atoms with E-state index in [9.17, 15) is 4.79 Å². The number of nitrogens with one attached hydrogen (secondary N) is 2. The summed E-state index contributed by atoms with van der Waals surface area (Å²) in [5, 5.41) is 6.40. The quantitative estimate of drug-likeness (QED) is 0.604. The van der Waals surface area contributed by atoms with Gasteiger partial charge in [-0.05, 0) is 13.8 Å². The van der Waals surface area contributed by atoms with E-state index in [1.165, 1.54) is 0 Å². The van der Waals surface area contributed by atoms with Crippen molar-refractivity contribution >= 4 is 5.91 Å². The van der Waals surface area contributed by atoms with Gasteiger partial charge in [-0.3, -0.25) is 4.79 Å². The lowest BCUT2D eigenvalue weighted by Gasteiger charge is -2.30. The fraction of sp³-hybridized carbons (Fsp3) is 0.889. The highest BCUT2D eigenvalue weighted by Crippen LogP contribution is 1.99. The van der Waals surface area contributed by atoms with Crippen molar-refractivity contribution in [2.24, 2.45) is 0 Å². The lowest BCUT2D eigenvalue weighted by molar-refractivity contribution is -0.133. The van der Waals surface area contributed by atoms with Gasteiger partial charge in [0.1, 0.15) is 0 Å². The highest BCUT2D eigenvalue weighted by Gasteiger charge is 2.24. The predicted molar refractivity (Wildman–Crippen MR) is 52.6 cm³/mol. The molecule has 0 bridgehead atoms. The van der Waals surface area contributed by atoms with Gasteiger partial charge in [0.25, 0.3) is 0 Å². The molecule has 0 aliphatic carbocycles. The van der Waals surface area contributed by atoms with E-state index in [0.717, 1.165) is 19.6 Å². The summed E-state index contributed by atoms with van der Waals surface area (Å²) in [6, 6.07) is 0.234. The second kappa shape index (κ2) is 4.58. The van der Waals surface area contributed by atoms with Crippen LogP contribution in [0.5, 0.6) is 0 Å². The summed E-state index contributed by atoms with van der Waals surface area (Å²) in [6.07, 6.45) is 0. The molecular formula is C9H19N3O. The van der Waals surface area contributed by atoms with Gasteiger partial charge in [-0.1, -0.05) is 0 Å². The van der Waals surface area contributed by atoms with Crippen LogP contribution in [0, 0.1) is 0 Å². The minimum Gasteiger partial charge on any atom is -0.342 e. The highest BCUT2D eigenvalue weighted by atomic mass is 16.2. The Balaban J connectivity index is 2.45. The number of rotatable bonds is 2. The molecule has 1 rings (SSSR count). The first kappa shape index (κ1) is 10.5. The largest absolute Gasteiger partial charge is 0.342 e. The molecule has 0 aromatic carbocycles. The second-order valence-corrected chi connectivity index (χ2v) is 3.75. The van der Waals surface area contributed by atoms with E-state index >= 15 is 0 Å². The number of nitrogens with zero attached hydrogens (tertiary/aromatic N) is 1. The minimum atomic E-state index is -0.0406. The molecule has 1 fully saturated rings. The normalized spacial score (nSPS) is 23.2. The first-order chi connectivity index (χ1) is 6.13.